The Morgan fingerprint density at radius 1 is 1.56 bits per heavy atom. The molecule has 0 saturated carbocycles. The summed E-state index contributed by atoms with van der Waals surface area (Å²) in [4.78, 5) is 23.1. The minimum Gasteiger partial charge on any atom is -0.476 e. The number of hydrogen-bond acceptors (Lipinski definition) is 5. The highest BCUT2D eigenvalue weighted by Crippen LogP contribution is 2.32. The largest absolute Gasteiger partial charge is 0.574 e. The number of aromatic carboxylic acids is 1. The van der Waals surface area contributed by atoms with Crippen LogP contribution in [0.1, 0.15) is 10.5 Å². The Bertz CT molecular complexity index is 519. The average Bonchev–Trinajstić information content (AvgIpc) is 2.12. The molecule has 11 heteroatoms. The van der Waals surface area contributed by atoms with Gasteiger partial charge in [-0.15, -0.1) is 13.2 Å². The van der Waals surface area contributed by atoms with E-state index in [2.05, 4.69) is 25.7 Å². The zero-order chi connectivity index (χ0) is 14.1. The van der Waals surface area contributed by atoms with Crippen LogP contribution in [0, 0.1) is 10.1 Å². The Balaban J connectivity index is 3.37. The molecule has 0 bridgehead atoms. The minimum atomic E-state index is -5.08. The van der Waals surface area contributed by atoms with Gasteiger partial charge in [0.15, 0.2) is 0 Å². The smallest absolute Gasteiger partial charge is 0.476 e. The van der Waals surface area contributed by atoms with E-state index in [1.165, 1.54) is 0 Å². The predicted octanol–water partition coefficient (Wildman–Crippen LogP) is 2.35. The monoisotopic (exact) mass is 330 g/mol. The standard InChI is InChI=1S/C7H2BrF3N2O5/c8-2-1-3(18-7(9,10)11)12-4(6(14)15)5(2)13(16)17/h1H,(H,14,15). The highest BCUT2D eigenvalue weighted by atomic mass is 79.9. The first-order chi connectivity index (χ1) is 8.11. The molecule has 0 saturated heterocycles. The molecule has 98 valence electrons. The number of nitro groups is 1. The number of carbonyl (C=O) groups is 1. The first-order valence-electron chi connectivity index (χ1n) is 3.96. The van der Waals surface area contributed by atoms with Crippen molar-refractivity contribution in [2.24, 2.45) is 0 Å². The summed E-state index contributed by atoms with van der Waals surface area (Å²) < 4.78 is 38.6. The van der Waals surface area contributed by atoms with E-state index < -0.39 is 39.0 Å². The number of aromatic nitrogens is 1. The molecular formula is C7H2BrF3N2O5. The summed E-state index contributed by atoms with van der Waals surface area (Å²) in [7, 11) is 0. The number of pyridine rings is 1. The third-order valence-corrected chi connectivity index (χ3v) is 2.13. The molecule has 1 heterocycles. The number of carboxylic acids is 1. The second kappa shape index (κ2) is 4.76. The Morgan fingerprint density at radius 3 is 2.50 bits per heavy atom. The fraction of sp³-hybridized carbons (Fsp3) is 0.143. The molecule has 0 atom stereocenters. The summed E-state index contributed by atoms with van der Waals surface area (Å²) in [5.74, 6) is -2.97. The van der Waals surface area contributed by atoms with E-state index in [0.717, 1.165) is 0 Å². The van der Waals surface area contributed by atoms with Crippen LogP contribution in [0.4, 0.5) is 18.9 Å². The van der Waals surface area contributed by atoms with Crippen LogP contribution in [-0.4, -0.2) is 27.3 Å². The van der Waals surface area contributed by atoms with Crippen molar-refractivity contribution in [3.05, 3.63) is 26.3 Å². The van der Waals surface area contributed by atoms with E-state index >= 15 is 0 Å². The zero-order valence-electron chi connectivity index (χ0n) is 8.06. The third kappa shape index (κ3) is 3.29. The maximum atomic E-state index is 11.9. The number of hydrogen-bond donors (Lipinski definition) is 1. The molecule has 1 N–H and O–H groups in total. The Kier molecular flexibility index (Phi) is 3.74. The molecule has 0 aliphatic heterocycles. The highest BCUT2D eigenvalue weighted by molar-refractivity contribution is 9.10. The van der Waals surface area contributed by atoms with Gasteiger partial charge in [0.2, 0.25) is 11.6 Å². The molecule has 0 unspecified atom stereocenters. The van der Waals surface area contributed by atoms with Gasteiger partial charge in [-0.25, -0.2) is 4.79 Å². The molecule has 18 heavy (non-hydrogen) atoms. The highest BCUT2D eigenvalue weighted by Gasteiger charge is 2.34. The van der Waals surface area contributed by atoms with Crippen molar-refractivity contribution in [3.63, 3.8) is 0 Å². The second-order valence-electron chi connectivity index (χ2n) is 2.75. The van der Waals surface area contributed by atoms with E-state index in [-0.39, 0.29) is 0 Å². The SMILES string of the molecule is O=C(O)c1nc(OC(F)(F)F)cc(Br)c1[N+](=O)[O-]. The fourth-order valence-corrected chi connectivity index (χ4v) is 1.51. The van der Waals surface area contributed by atoms with Crippen LogP contribution in [-0.2, 0) is 0 Å². The van der Waals surface area contributed by atoms with E-state index in [0.29, 0.717) is 6.07 Å². The van der Waals surface area contributed by atoms with Crippen LogP contribution in [0.25, 0.3) is 0 Å². The van der Waals surface area contributed by atoms with Crippen LogP contribution in [0.5, 0.6) is 5.88 Å². The summed E-state index contributed by atoms with van der Waals surface area (Å²) in [5.41, 5.74) is -2.12. The van der Waals surface area contributed by atoms with Crippen molar-refractivity contribution in [1.82, 2.24) is 4.98 Å². The van der Waals surface area contributed by atoms with Gasteiger partial charge < -0.3 is 9.84 Å². The lowest BCUT2D eigenvalue weighted by Crippen LogP contribution is -2.19. The van der Waals surface area contributed by atoms with Crippen molar-refractivity contribution in [2.75, 3.05) is 0 Å². The Hall–Kier alpha value is -1.91. The quantitative estimate of drug-likeness (QED) is 0.674. The molecule has 0 aromatic carbocycles. The van der Waals surface area contributed by atoms with Gasteiger partial charge in [-0.1, -0.05) is 0 Å². The van der Waals surface area contributed by atoms with Crippen molar-refractivity contribution in [2.45, 2.75) is 6.36 Å². The third-order valence-electron chi connectivity index (χ3n) is 1.53. The second-order valence-corrected chi connectivity index (χ2v) is 3.60. The summed E-state index contributed by atoms with van der Waals surface area (Å²) >= 11 is 2.58. The van der Waals surface area contributed by atoms with E-state index in [1.54, 1.807) is 0 Å². The van der Waals surface area contributed by atoms with Crippen molar-refractivity contribution in [3.8, 4) is 5.88 Å². The van der Waals surface area contributed by atoms with Gasteiger partial charge in [0, 0.05) is 6.07 Å². The lowest BCUT2D eigenvalue weighted by molar-refractivity contribution is -0.386. The van der Waals surface area contributed by atoms with Crippen LogP contribution < -0.4 is 4.74 Å². The van der Waals surface area contributed by atoms with E-state index in [4.69, 9.17) is 5.11 Å². The Morgan fingerprint density at radius 2 is 2.11 bits per heavy atom. The topological polar surface area (TPSA) is 103 Å². The van der Waals surface area contributed by atoms with Gasteiger partial charge >= 0.3 is 18.0 Å². The van der Waals surface area contributed by atoms with Crippen LogP contribution in [0.15, 0.2) is 10.5 Å². The van der Waals surface area contributed by atoms with Gasteiger partial charge in [0.05, 0.1) is 4.92 Å². The molecule has 0 amide bonds. The van der Waals surface area contributed by atoms with Crippen LogP contribution >= 0.6 is 15.9 Å². The maximum Gasteiger partial charge on any atom is 0.574 e. The molecule has 0 fully saturated rings. The molecule has 1 aromatic heterocycles. The molecule has 1 rings (SSSR count). The lowest BCUT2D eigenvalue weighted by Gasteiger charge is -2.09. The molecule has 0 radical (unpaired) electrons. The maximum absolute atomic E-state index is 11.9. The number of rotatable bonds is 3. The Labute approximate surface area is 104 Å². The first-order valence-corrected chi connectivity index (χ1v) is 4.75. The number of alkyl halides is 3. The summed E-state index contributed by atoms with van der Waals surface area (Å²) in [5, 5.41) is 19.2. The lowest BCUT2D eigenvalue weighted by atomic mass is 10.3. The number of carboxylic acid groups (broad SMARTS) is 1. The summed E-state index contributed by atoms with van der Waals surface area (Å²) in [6.45, 7) is 0. The van der Waals surface area contributed by atoms with Crippen LogP contribution in [0.3, 0.4) is 0 Å². The molecule has 7 nitrogen and oxygen atoms in total. The van der Waals surface area contributed by atoms with E-state index in [9.17, 15) is 28.1 Å². The normalized spacial score (nSPS) is 11.1. The van der Waals surface area contributed by atoms with Gasteiger partial charge in [-0.05, 0) is 15.9 Å². The molecular weight excluding hydrogens is 329 g/mol. The molecule has 0 aliphatic carbocycles. The number of ether oxygens (including phenoxy) is 1. The average molecular weight is 331 g/mol. The number of halogens is 4. The van der Waals surface area contributed by atoms with Gasteiger partial charge in [0.1, 0.15) is 4.47 Å². The van der Waals surface area contributed by atoms with Gasteiger partial charge in [-0.3, -0.25) is 10.1 Å². The molecule has 0 aliphatic rings. The minimum absolute atomic E-state index is 0.487. The summed E-state index contributed by atoms with van der Waals surface area (Å²) in [6, 6.07) is 0.554. The van der Waals surface area contributed by atoms with Crippen molar-refractivity contribution in [1.29, 1.82) is 0 Å². The molecule has 1 aromatic rings. The predicted molar refractivity (Wildman–Crippen MR) is 52.2 cm³/mol. The van der Waals surface area contributed by atoms with Crippen molar-refractivity contribution >= 4 is 27.6 Å². The van der Waals surface area contributed by atoms with Gasteiger partial charge in [0.25, 0.3) is 0 Å². The molecule has 0 spiro atoms. The van der Waals surface area contributed by atoms with Crippen molar-refractivity contribution < 1.29 is 32.7 Å². The first kappa shape index (κ1) is 14.2. The van der Waals surface area contributed by atoms with E-state index in [1.807, 2.05) is 0 Å². The van der Waals surface area contributed by atoms with Crippen LogP contribution in [0.2, 0.25) is 0 Å². The zero-order valence-corrected chi connectivity index (χ0v) is 9.65. The fourth-order valence-electron chi connectivity index (χ4n) is 0.979. The number of nitrogens with zero attached hydrogens (tertiary/aromatic N) is 2. The van der Waals surface area contributed by atoms with Gasteiger partial charge in [-0.2, -0.15) is 4.98 Å². The summed E-state index contributed by atoms with van der Waals surface area (Å²) in [6.07, 6.45) is -5.08.